The molecule has 0 N–H and O–H groups in total. The molecule has 0 fully saturated rings. The maximum absolute atomic E-state index is 5.75. The van der Waals surface area contributed by atoms with Gasteiger partial charge in [0.1, 0.15) is 12.5 Å². The Morgan fingerprint density at radius 3 is 2.74 bits per heavy atom. The minimum absolute atomic E-state index is 0.676. The molecule has 0 unspecified atom stereocenters. The van der Waals surface area contributed by atoms with Gasteiger partial charge in [-0.05, 0) is 25.1 Å². The summed E-state index contributed by atoms with van der Waals surface area (Å²) in [6.45, 7) is 4.77. The molecule has 0 radical (unpaired) electrons. The van der Waals surface area contributed by atoms with E-state index >= 15 is 0 Å². The smallest absolute Gasteiger partial charge is 0.334 e. The van der Waals surface area contributed by atoms with Crippen molar-refractivity contribution in [3.05, 3.63) is 29.8 Å². The van der Waals surface area contributed by atoms with E-state index in [4.69, 9.17) is 13.6 Å². The summed E-state index contributed by atoms with van der Waals surface area (Å²) in [4.78, 5) is 2.32. The molecular formula is C14H23NO3Si. The largest absolute Gasteiger partial charge is 0.478 e. The highest BCUT2D eigenvalue weighted by Gasteiger charge is 2.28. The molecule has 1 heterocycles. The van der Waals surface area contributed by atoms with Gasteiger partial charge in [-0.3, -0.25) is 4.90 Å². The number of ether oxygens (including phenoxy) is 1. The van der Waals surface area contributed by atoms with Crippen LogP contribution in [0.1, 0.15) is 12.0 Å². The summed E-state index contributed by atoms with van der Waals surface area (Å²) in [5.74, 6) is 1.02. The molecule has 1 aromatic carbocycles. The lowest BCUT2D eigenvalue weighted by Crippen LogP contribution is -2.38. The van der Waals surface area contributed by atoms with Crippen LogP contribution in [0.2, 0.25) is 12.6 Å². The van der Waals surface area contributed by atoms with Gasteiger partial charge >= 0.3 is 8.56 Å². The second-order valence-electron chi connectivity index (χ2n) is 5.08. The van der Waals surface area contributed by atoms with Crippen molar-refractivity contribution in [3.63, 3.8) is 0 Å². The van der Waals surface area contributed by atoms with Crippen molar-refractivity contribution in [2.45, 2.75) is 25.6 Å². The fraction of sp³-hybridized carbons (Fsp3) is 0.571. The first-order valence-corrected chi connectivity index (χ1v) is 9.22. The van der Waals surface area contributed by atoms with Crippen molar-refractivity contribution in [1.29, 1.82) is 0 Å². The van der Waals surface area contributed by atoms with E-state index in [1.54, 1.807) is 14.2 Å². The van der Waals surface area contributed by atoms with Crippen LogP contribution in [0.5, 0.6) is 5.75 Å². The molecule has 0 aliphatic carbocycles. The highest BCUT2D eigenvalue weighted by molar-refractivity contribution is 6.65. The van der Waals surface area contributed by atoms with Gasteiger partial charge in [0.2, 0.25) is 0 Å². The Bertz CT molecular complexity index is 409. The topological polar surface area (TPSA) is 30.9 Å². The van der Waals surface area contributed by atoms with Crippen molar-refractivity contribution >= 4 is 8.56 Å². The molecule has 19 heavy (non-hydrogen) atoms. The van der Waals surface area contributed by atoms with Gasteiger partial charge in [-0.1, -0.05) is 18.2 Å². The second kappa shape index (κ2) is 6.52. The molecule has 4 nitrogen and oxygen atoms in total. The van der Waals surface area contributed by atoms with E-state index in [0.717, 1.165) is 31.3 Å². The van der Waals surface area contributed by atoms with Crippen LogP contribution in [0, 0.1) is 0 Å². The second-order valence-corrected chi connectivity index (χ2v) is 8.66. The SMILES string of the molecule is CO[Si](C)(CCCN1COc2ccccc2C1)OC. The highest BCUT2D eigenvalue weighted by Crippen LogP contribution is 2.24. The number of hydrogen-bond donors (Lipinski definition) is 0. The van der Waals surface area contributed by atoms with Crippen molar-refractivity contribution in [1.82, 2.24) is 4.90 Å². The molecule has 1 aromatic rings. The predicted molar refractivity (Wildman–Crippen MR) is 77.4 cm³/mol. The molecule has 0 saturated carbocycles. The average Bonchev–Trinajstić information content (AvgIpc) is 2.47. The van der Waals surface area contributed by atoms with Crippen LogP contribution >= 0.6 is 0 Å². The van der Waals surface area contributed by atoms with Gasteiger partial charge in [-0.2, -0.15) is 0 Å². The first-order valence-electron chi connectivity index (χ1n) is 6.70. The summed E-state index contributed by atoms with van der Waals surface area (Å²) in [7, 11) is 1.57. The molecule has 1 aliphatic heterocycles. The zero-order valence-corrected chi connectivity index (χ0v) is 13.0. The highest BCUT2D eigenvalue weighted by atomic mass is 28.4. The van der Waals surface area contributed by atoms with Gasteiger partial charge < -0.3 is 13.6 Å². The number of rotatable bonds is 6. The molecular weight excluding hydrogens is 258 g/mol. The van der Waals surface area contributed by atoms with E-state index in [1.807, 2.05) is 12.1 Å². The standard InChI is InChI=1S/C14H23NO3Si/c1-16-19(3,17-2)10-6-9-15-11-13-7-4-5-8-14(13)18-12-15/h4-5,7-8H,6,9-12H2,1-3H3. The lowest BCUT2D eigenvalue weighted by Gasteiger charge is -2.30. The summed E-state index contributed by atoms with van der Waals surface area (Å²) >= 11 is 0. The van der Waals surface area contributed by atoms with Crippen molar-refractivity contribution < 1.29 is 13.6 Å². The van der Waals surface area contributed by atoms with Crippen LogP contribution in [-0.2, 0) is 15.4 Å². The molecule has 0 aromatic heterocycles. The summed E-state index contributed by atoms with van der Waals surface area (Å²) in [5, 5.41) is 0. The van der Waals surface area contributed by atoms with Gasteiger partial charge in [0.15, 0.2) is 0 Å². The van der Waals surface area contributed by atoms with Gasteiger partial charge in [-0.15, -0.1) is 0 Å². The first kappa shape index (κ1) is 14.5. The Balaban J connectivity index is 1.80. The molecule has 0 spiro atoms. The van der Waals surface area contributed by atoms with Crippen LogP contribution in [0.15, 0.2) is 24.3 Å². The van der Waals surface area contributed by atoms with Crippen molar-refractivity contribution in [3.8, 4) is 5.75 Å². The Morgan fingerprint density at radius 1 is 1.26 bits per heavy atom. The summed E-state index contributed by atoms with van der Waals surface area (Å²) in [6, 6.07) is 9.25. The van der Waals surface area contributed by atoms with Gasteiger partial charge in [-0.25, -0.2) is 0 Å². The lowest BCUT2D eigenvalue weighted by atomic mass is 10.1. The van der Waals surface area contributed by atoms with E-state index in [1.165, 1.54) is 5.56 Å². The Kier molecular flexibility index (Phi) is 4.98. The number of benzene rings is 1. The van der Waals surface area contributed by atoms with E-state index in [2.05, 4.69) is 23.6 Å². The lowest BCUT2D eigenvalue weighted by molar-refractivity contribution is 0.0945. The maximum Gasteiger partial charge on any atom is 0.334 e. The van der Waals surface area contributed by atoms with Gasteiger partial charge in [0.05, 0.1) is 0 Å². The number of nitrogens with zero attached hydrogens (tertiary/aromatic N) is 1. The number of para-hydroxylation sites is 1. The molecule has 106 valence electrons. The third kappa shape index (κ3) is 3.79. The van der Waals surface area contributed by atoms with Crippen LogP contribution in [0.4, 0.5) is 0 Å². The van der Waals surface area contributed by atoms with Crippen LogP contribution in [0.3, 0.4) is 0 Å². The average molecular weight is 281 g/mol. The third-order valence-electron chi connectivity index (χ3n) is 3.74. The molecule has 0 saturated heterocycles. The summed E-state index contributed by atoms with van der Waals surface area (Å²) in [6.07, 6.45) is 1.08. The minimum Gasteiger partial charge on any atom is -0.478 e. The van der Waals surface area contributed by atoms with E-state index in [0.29, 0.717) is 6.73 Å². The normalized spacial score (nSPS) is 15.9. The van der Waals surface area contributed by atoms with Crippen LogP contribution in [0.25, 0.3) is 0 Å². The minimum atomic E-state index is -1.92. The van der Waals surface area contributed by atoms with Crippen LogP contribution < -0.4 is 4.74 Å². The van der Waals surface area contributed by atoms with E-state index in [9.17, 15) is 0 Å². The zero-order valence-electron chi connectivity index (χ0n) is 12.0. The fourth-order valence-corrected chi connectivity index (χ4v) is 3.65. The predicted octanol–water partition coefficient (Wildman–Crippen LogP) is 2.59. The Morgan fingerprint density at radius 2 is 2.00 bits per heavy atom. The van der Waals surface area contributed by atoms with Crippen LogP contribution in [-0.4, -0.2) is 41.0 Å². The number of fused-ring (bicyclic) bond motifs is 1. The molecule has 0 atom stereocenters. The maximum atomic E-state index is 5.75. The van der Waals surface area contributed by atoms with E-state index in [-0.39, 0.29) is 0 Å². The van der Waals surface area contributed by atoms with Gasteiger partial charge in [0.25, 0.3) is 0 Å². The molecule has 1 aliphatic rings. The van der Waals surface area contributed by atoms with Crippen molar-refractivity contribution in [2.75, 3.05) is 27.5 Å². The van der Waals surface area contributed by atoms with Crippen molar-refractivity contribution in [2.24, 2.45) is 0 Å². The monoisotopic (exact) mass is 281 g/mol. The molecule has 0 amide bonds. The molecule has 2 rings (SSSR count). The quantitative estimate of drug-likeness (QED) is 0.750. The van der Waals surface area contributed by atoms with E-state index < -0.39 is 8.56 Å². The summed E-state index contributed by atoms with van der Waals surface area (Å²) in [5.41, 5.74) is 1.27. The zero-order chi connectivity index (χ0) is 13.7. The Hall–Kier alpha value is -0.883. The summed E-state index contributed by atoms with van der Waals surface area (Å²) < 4.78 is 16.7. The Labute approximate surface area is 116 Å². The molecule has 0 bridgehead atoms. The number of hydrogen-bond acceptors (Lipinski definition) is 4. The molecule has 5 heteroatoms. The van der Waals surface area contributed by atoms with Gasteiger partial charge in [0, 0.05) is 32.9 Å². The third-order valence-corrected chi connectivity index (χ3v) is 6.73. The first-order chi connectivity index (χ1) is 9.17. The fourth-order valence-electron chi connectivity index (χ4n) is 2.28.